The maximum Gasteiger partial charge on any atom is 0.306 e. The van der Waals surface area contributed by atoms with Gasteiger partial charge < -0.3 is 9.64 Å². The van der Waals surface area contributed by atoms with Gasteiger partial charge in [-0.25, -0.2) is 0 Å². The average Bonchev–Trinajstić information content (AvgIpc) is 2.79. The van der Waals surface area contributed by atoms with Gasteiger partial charge in [0.05, 0.1) is 0 Å². The first-order valence-corrected chi connectivity index (χ1v) is 8.25. The van der Waals surface area contributed by atoms with E-state index in [0.717, 1.165) is 31.4 Å². The van der Waals surface area contributed by atoms with Crippen LogP contribution in [0.5, 0.6) is 0 Å². The first kappa shape index (κ1) is 16.8. The van der Waals surface area contributed by atoms with E-state index >= 15 is 0 Å². The molecule has 0 bridgehead atoms. The highest BCUT2D eigenvalue weighted by molar-refractivity contribution is 6.27. The first-order valence-electron chi connectivity index (χ1n) is 7.72. The van der Waals surface area contributed by atoms with Crippen molar-refractivity contribution in [3.8, 4) is 0 Å². The second-order valence-electron chi connectivity index (χ2n) is 5.66. The number of alkyl halides is 1. The third-order valence-corrected chi connectivity index (χ3v) is 4.24. The molecule has 0 spiro atoms. The summed E-state index contributed by atoms with van der Waals surface area (Å²) in [6.45, 7) is 1.74. The Morgan fingerprint density at radius 1 is 1.18 bits per heavy atom. The molecule has 4 nitrogen and oxygen atoms in total. The zero-order valence-corrected chi connectivity index (χ0v) is 13.4. The second-order valence-corrected chi connectivity index (χ2v) is 5.93. The number of benzene rings is 1. The molecule has 0 saturated carbocycles. The number of hydrogen-bond acceptors (Lipinski definition) is 3. The number of halogens is 1. The highest BCUT2D eigenvalue weighted by Crippen LogP contribution is 2.21. The number of carbonyl (C=O) groups is 2. The lowest BCUT2D eigenvalue weighted by Crippen LogP contribution is -2.32. The van der Waals surface area contributed by atoms with Crippen LogP contribution >= 0.6 is 11.6 Å². The molecular weight excluding hydrogens is 302 g/mol. The fourth-order valence-corrected chi connectivity index (χ4v) is 2.91. The van der Waals surface area contributed by atoms with Gasteiger partial charge >= 0.3 is 5.97 Å². The monoisotopic (exact) mass is 323 g/mol. The summed E-state index contributed by atoms with van der Waals surface area (Å²) >= 11 is 5.59. The largest absolute Gasteiger partial charge is 0.461 e. The summed E-state index contributed by atoms with van der Waals surface area (Å²) < 4.78 is 5.33. The topological polar surface area (TPSA) is 46.6 Å². The minimum Gasteiger partial charge on any atom is -0.461 e. The van der Waals surface area contributed by atoms with E-state index in [-0.39, 0.29) is 23.7 Å². The van der Waals surface area contributed by atoms with Gasteiger partial charge in [0, 0.05) is 19.5 Å². The lowest BCUT2D eigenvalue weighted by molar-refractivity contribution is -0.146. The standard InChI is InChI=1S/C17H22ClNO3/c18-12-16(20)19-9-4-7-14(8-10-19)11-17(21)22-13-15-5-2-1-3-6-15/h1-3,5-6,14H,4,7-13H2. The van der Waals surface area contributed by atoms with Crippen LogP contribution in [0.1, 0.15) is 31.2 Å². The number of rotatable bonds is 5. The Hall–Kier alpha value is -1.55. The maximum atomic E-state index is 11.9. The van der Waals surface area contributed by atoms with Gasteiger partial charge in [0.2, 0.25) is 5.91 Å². The molecule has 0 aromatic heterocycles. The molecule has 1 saturated heterocycles. The summed E-state index contributed by atoms with van der Waals surface area (Å²) in [5, 5.41) is 0. The summed E-state index contributed by atoms with van der Waals surface area (Å²) in [4.78, 5) is 25.3. The zero-order valence-electron chi connectivity index (χ0n) is 12.7. The van der Waals surface area contributed by atoms with Crippen molar-refractivity contribution in [2.24, 2.45) is 5.92 Å². The van der Waals surface area contributed by atoms with Crippen LogP contribution in [0, 0.1) is 5.92 Å². The van der Waals surface area contributed by atoms with E-state index in [9.17, 15) is 9.59 Å². The van der Waals surface area contributed by atoms with Gasteiger partial charge in [-0.2, -0.15) is 0 Å². The molecule has 1 atom stereocenters. The van der Waals surface area contributed by atoms with Crippen LogP contribution < -0.4 is 0 Å². The predicted molar refractivity (Wildman–Crippen MR) is 85.5 cm³/mol. The lowest BCUT2D eigenvalue weighted by atomic mass is 9.97. The van der Waals surface area contributed by atoms with Gasteiger partial charge in [-0.3, -0.25) is 9.59 Å². The minimum atomic E-state index is -0.161. The molecule has 1 aliphatic heterocycles. The Bertz CT molecular complexity index is 492. The average molecular weight is 324 g/mol. The molecule has 5 heteroatoms. The number of nitrogens with zero attached hydrogens (tertiary/aromatic N) is 1. The van der Waals surface area contributed by atoms with Crippen molar-refractivity contribution in [1.29, 1.82) is 0 Å². The molecule has 2 rings (SSSR count). The van der Waals surface area contributed by atoms with E-state index in [4.69, 9.17) is 16.3 Å². The Morgan fingerprint density at radius 3 is 2.68 bits per heavy atom. The number of hydrogen-bond donors (Lipinski definition) is 0. The molecule has 1 amide bonds. The van der Waals surface area contributed by atoms with Crippen LogP contribution in [0.25, 0.3) is 0 Å². The molecule has 1 aliphatic rings. The van der Waals surface area contributed by atoms with Gasteiger partial charge in [-0.15, -0.1) is 11.6 Å². The Labute approximate surface area is 136 Å². The quantitative estimate of drug-likeness (QED) is 0.618. The van der Waals surface area contributed by atoms with Crippen LogP contribution in [-0.2, 0) is 20.9 Å². The Kier molecular flexibility index (Phi) is 6.72. The molecule has 120 valence electrons. The SMILES string of the molecule is O=C(CC1CCCN(C(=O)CCl)CC1)OCc1ccccc1. The van der Waals surface area contributed by atoms with E-state index in [0.29, 0.717) is 19.6 Å². The van der Waals surface area contributed by atoms with Crippen LogP contribution in [-0.4, -0.2) is 35.7 Å². The van der Waals surface area contributed by atoms with Crippen LogP contribution in [0.15, 0.2) is 30.3 Å². The van der Waals surface area contributed by atoms with E-state index in [2.05, 4.69) is 0 Å². The summed E-state index contributed by atoms with van der Waals surface area (Å²) in [7, 11) is 0. The molecule has 1 fully saturated rings. The molecule has 1 aromatic carbocycles. The Morgan fingerprint density at radius 2 is 1.95 bits per heavy atom. The van der Waals surface area contributed by atoms with E-state index in [1.54, 1.807) is 4.90 Å². The smallest absolute Gasteiger partial charge is 0.306 e. The van der Waals surface area contributed by atoms with E-state index in [1.807, 2.05) is 30.3 Å². The van der Waals surface area contributed by atoms with Crippen molar-refractivity contribution in [1.82, 2.24) is 4.90 Å². The third kappa shape index (κ3) is 5.34. The summed E-state index contributed by atoms with van der Waals surface area (Å²) in [6, 6.07) is 9.67. The molecule has 1 aromatic rings. The second kappa shape index (κ2) is 8.79. The number of likely N-dealkylation sites (tertiary alicyclic amines) is 1. The van der Waals surface area contributed by atoms with Crippen LogP contribution in [0.4, 0.5) is 0 Å². The van der Waals surface area contributed by atoms with Crippen molar-refractivity contribution in [3.63, 3.8) is 0 Å². The number of ether oxygens (including phenoxy) is 1. The van der Waals surface area contributed by atoms with Crippen molar-refractivity contribution < 1.29 is 14.3 Å². The predicted octanol–water partition coefficient (Wildman–Crippen LogP) is 2.99. The van der Waals surface area contributed by atoms with E-state index < -0.39 is 0 Å². The fourth-order valence-electron chi connectivity index (χ4n) is 2.74. The zero-order chi connectivity index (χ0) is 15.8. The van der Waals surface area contributed by atoms with Crippen molar-refractivity contribution in [3.05, 3.63) is 35.9 Å². The molecule has 0 aliphatic carbocycles. The fraction of sp³-hybridized carbons (Fsp3) is 0.529. The summed E-state index contributed by atoms with van der Waals surface area (Å²) in [5.74, 6) is 0.139. The van der Waals surface area contributed by atoms with Crippen molar-refractivity contribution in [2.45, 2.75) is 32.3 Å². The first-order chi connectivity index (χ1) is 10.7. The molecule has 0 radical (unpaired) electrons. The van der Waals surface area contributed by atoms with Gasteiger partial charge in [-0.1, -0.05) is 30.3 Å². The Balaban J connectivity index is 1.74. The van der Waals surface area contributed by atoms with Gasteiger partial charge in [0.25, 0.3) is 0 Å². The summed E-state index contributed by atoms with van der Waals surface area (Å²) in [5.41, 5.74) is 0.996. The van der Waals surface area contributed by atoms with Crippen molar-refractivity contribution >= 4 is 23.5 Å². The number of esters is 1. The lowest BCUT2D eigenvalue weighted by Gasteiger charge is -2.19. The summed E-state index contributed by atoms with van der Waals surface area (Å²) in [6.07, 6.45) is 3.13. The van der Waals surface area contributed by atoms with Crippen LogP contribution in [0.3, 0.4) is 0 Å². The normalized spacial score (nSPS) is 18.6. The molecule has 1 heterocycles. The van der Waals surface area contributed by atoms with Crippen molar-refractivity contribution in [2.75, 3.05) is 19.0 Å². The highest BCUT2D eigenvalue weighted by Gasteiger charge is 2.22. The van der Waals surface area contributed by atoms with E-state index in [1.165, 1.54) is 0 Å². The molecule has 0 N–H and O–H groups in total. The molecule has 22 heavy (non-hydrogen) atoms. The number of amides is 1. The number of carbonyl (C=O) groups excluding carboxylic acids is 2. The molecular formula is C17H22ClNO3. The van der Waals surface area contributed by atoms with Gasteiger partial charge in [0.1, 0.15) is 12.5 Å². The van der Waals surface area contributed by atoms with Gasteiger partial charge in [-0.05, 0) is 30.7 Å². The minimum absolute atomic E-state index is 0.0195. The van der Waals surface area contributed by atoms with Gasteiger partial charge in [0.15, 0.2) is 0 Å². The maximum absolute atomic E-state index is 11.9. The van der Waals surface area contributed by atoms with Crippen LogP contribution in [0.2, 0.25) is 0 Å². The third-order valence-electron chi connectivity index (χ3n) is 4.01. The highest BCUT2D eigenvalue weighted by atomic mass is 35.5. The molecule has 1 unspecified atom stereocenters.